The van der Waals surface area contributed by atoms with E-state index in [-0.39, 0.29) is 0 Å². The average Bonchev–Trinajstić information content (AvgIpc) is 3.22. The molecule has 0 saturated carbocycles. The molecule has 4 rings (SSSR count). The zero-order chi connectivity index (χ0) is 23.4. The number of aromatic nitrogens is 3. The lowest BCUT2D eigenvalue weighted by atomic mass is 10.1. The Bertz CT molecular complexity index is 1300. The van der Waals surface area contributed by atoms with E-state index >= 15 is 0 Å². The topological polar surface area (TPSA) is 67.6 Å². The van der Waals surface area contributed by atoms with Gasteiger partial charge in [0.15, 0.2) is 18.0 Å². The molecule has 0 bridgehead atoms. The highest BCUT2D eigenvalue weighted by molar-refractivity contribution is 8.09. The van der Waals surface area contributed by atoms with Gasteiger partial charge in [0.1, 0.15) is 5.52 Å². The summed E-state index contributed by atoms with van der Waals surface area (Å²) in [5, 5.41) is 0.966. The van der Waals surface area contributed by atoms with E-state index in [9.17, 15) is 0 Å². The summed E-state index contributed by atoms with van der Waals surface area (Å²) in [6, 6.07) is 12.3. The van der Waals surface area contributed by atoms with Crippen molar-refractivity contribution in [1.29, 1.82) is 0 Å². The second-order valence-electron chi connectivity index (χ2n) is 7.51. The molecule has 0 saturated heterocycles. The van der Waals surface area contributed by atoms with Gasteiger partial charge in [-0.05, 0) is 42.8 Å². The van der Waals surface area contributed by atoms with Crippen molar-refractivity contribution in [1.82, 2.24) is 14.5 Å². The van der Waals surface area contributed by atoms with Crippen LogP contribution in [0.3, 0.4) is 0 Å². The molecule has 0 atom stereocenters. The van der Waals surface area contributed by atoms with E-state index in [4.69, 9.17) is 30.3 Å². The number of nitrogens with zero attached hydrogens (tertiary/aromatic N) is 3. The van der Waals surface area contributed by atoms with E-state index in [2.05, 4.69) is 38.8 Å². The normalized spacial score (nSPS) is 11.9. The van der Waals surface area contributed by atoms with E-state index in [1.54, 1.807) is 20.4 Å². The third kappa shape index (κ3) is 5.04. The molecule has 2 heterocycles. The number of ether oxygens (including phenoxy) is 2. The van der Waals surface area contributed by atoms with Crippen LogP contribution in [-0.2, 0) is 33.6 Å². The van der Waals surface area contributed by atoms with Crippen LogP contribution >= 0.6 is 6.49 Å². The number of hydrogen-bond acceptors (Lipinski definition) is 7. The first-order valence-corrected chi connectivity index (χ1v) is 13.6. The van der Waals surface area contributed by atoms with Crippen LogP contribution in [0.15, 0.2) is 48.9 Å². The number of pyridine rings is 1. The lowest BCUT2D eigenvalue weighted by molar-refractivity contribution is 0.266. The van der Waals surface area contributed by atoms with Crippen molar-refractivity contribution >= 4 is 40.2 Å². The number of hydrogen-bond donors (Lipinski definition) is 0. The summed E-state index contributed by atoms with van der Waals surface area (Å²) < 4.78 is 24.6. The van der Waals surface area contributed by atoms with Crippen LogP contribution in [0.5, 0.6) is 11.5 Å². The number of benzene rings is 2. The Labute approximate surface area is 198 Å². The molecule has 0 unspecified atom stereocenters. The van der Waals surface area contributed by atoms with Gasteiger partial charge >= 0.3 is 0 Å². The van der Waals surface area contributed by atoms with Gasteiger partial charge in [0, 0.05) is 24.2 Å². The van der Waals surface area contributed by atoms with Crippen LogP contribution in [0.25, 0.3) is 21.9 Å². The summed E-state index contributed by atoms with van der Waals surface area (Å²) in [5.74, 6) is 1.31. The molecule has 0 N–H and O–H groups in total. The van der Waals surface area contributed by atoms with Gasteiger partial charge in [-0.2, -0.15) is 0 Å². The zero-order valence-corrected chi connectivity index (χ0v) is 21.0. The molecule has 0 radical (unpaired) electrons. The molecule has 7 nitrogen and oxygen atoms in total. The molecule has 0 aliphatic carbocycles. The highest BCUT2D eigenvalue weighted by Gasteiger charge is 2.19. The molecule has 33 heavy (non-hydrogen) atoms. The molecular weight excluding hydrogens is 457 g/mol. The Kier molecular flexibility index (Phi) is 7.29. The Balaban J connectivity index is 1.64. The van der Waals surface area contributed by atoms with Gasteiger partial charge in [-0.15, -0.1) is 0 Å². The molecule has 0 aliphatic heterocycles. The minimum atomic E-state index is -2.30. The van der Waals surface area contributed by atoms with Crippen molar-refractivity contribution in [3.05, 3.63) is 60.0 Å². The van der Waals surface area contributed by atoms with Gasteiger partial charge in [-0.25, -0.2) is 4.98 Å². The molecule has 174 valence electrons. The third-order valence-electron chi connectivity index (χ3n) is 5.35. The van der Waals surface area contributed by atoms with E-state index in [0.717, 1.165) is 33.1 Å². The van der Waals surface area contributed by atoms with Crippen LogP contribution in [0.1, 0.15) is 25.0 Å². The molecular formula is C24H28N3O4PS. The van der Waals surface area contributed by atoms with Crippen LogP contribution in [0.4, 0.5) is 0 Å². The van der Waals surface area contributed by atoms with Gasteiger partial charge < -0.3 is 23.1 Å². The predicted molar refractivity (Wildman–Crippen MR) is 135 cm³/mol. The number of rotatable bonds is 10. The summed E-state index contributed by atoms with van der Waals surface area (Å²) >= 11 is 5.67. The van der Waals surface area contributed by atoms with Crippen LogP contribution in [-0.4, -0.2) is 42.0 Å². The Morgan fingerprint density at radius 3 is 2.15 bits per heavy atom. The first-order valence-electron chi connectivity index (χ1n) is 10.8. The van der Waals surface area contributed by atoms with Gasteiger partial charge in [0.05, 0.1) is 51.0 Å². The molecule has 2 aromatic carbocycles. The first kappa shape index (κ1) is 23.6. The number of methoxy groups -OCH3 is 2. The van der Waals surface area contributed by atoms with E-state index < -0.39 is 6.49 Å². The second kappa shape index (κ2) is 10.2. The van der Waals surface area contributed by atoms with Gasteiger partial charge in [-0.1, -0.05) is 24.3 Å². The van der Waals surface area contributed by atoms with Gasteiger partial charge in [-0.3, -0.25) is 4.98 Å². The number of imidazole rings is 1. The highest BCUT2D eigenvalue weighted by Crippen LogP contribution is 2.51. The Morgan fingerprint density at radius 1 is 0.879 bits per heavy atom. The van der Waals surface area contributed by atoms with Crippen LogP contribution in [0.2, 0.25) is 0 Å². The predicted octanol–water partition coefficient (Wildman–Crippen LogP) is 5.53. The maximum atomic E-state index is 5.78. The van der Waals surface area contributed by atoms with Crippen molar-refractivity contribution in [3.8, 4) is 11.5 Å². The largest absolute Gasteiger partial charge is 0.493 e. The first-order chi connectivity index (χ1) is 16.0. The maximum absolute atomic E-state index is 5.78. The molecule has 2 aromatic heterocycles. The lowest BCUT2D eigenvalue weighted by Crippen LogP contribution is -2.01. The quantitative estimate of drug-likeness (QED) is 0.274. The van der Waals surface area contributed by atoms with Crippen LogP contribution < -0.4 is 9.47 Å². The summed E-state index contributed by atoms with van der Waals surface area (Å²) in [6.45, 7) is 3.39. The van der Waals surface area contributed by atoms with E-state index in [0.29, 0.717) is 37.4 Å². The van der Waals surface area contributed by atoms with E-state index in [1.165, 1.54) is 0 Å². The summed E-state index contributed by atoms with van der Waals surface area (Å²) in [4.78, 5) is 9.10. The Hall–Kier alpha value is -2.51. The van der Waals surface area contributed by atoms with Crippen molar-refractivity contribution in [3.63, 3.8) is 0 Å². The minimum absolute atomic E-state index is 0.558. The molecule has 0 spiro atoms. The average molecular weight is 486 g/mol. The van der Waals surface area contributed by atoms with Crippen molar-refractivity contribution in [2.24, 2.45) is 0 Å². The highest BCUT2D eigenvalue weighted by atomic mass is 32.5. The fourth-order valence-corrected chi connectivity index (χ4v) is 6.67. The van der Waals surface area contributed by atoms with Crippen LogP contribution in [0, 0.1) is 0 Å². The summed E-state index contributed by atoms with van der Waals surface area (Å²) in [5.41, 5.74) is 4.94. The maximum Gasteiger partial charge on any atom is 0.193 e. The van der Waals surface area contributed by atoms with Crippen molar-refractivity contribution in [2.45, 2.75) is 26.6 Å². The second-order valence-corrected chi connectivity index (χ2v) is 11.2. The molecule has 0 fully saturated rings. The minimum Gasteiger partial charge on any atom is -0.493 e. The molecule has 0 aliphatic rings. The zero-order valence-electron chi connectivity index (χ0n) is 19.3. The fraction of sp³-hybridized carbons (Fsp3) is 0.333. The standard InChI is InChI=1S/C24H28N3O4PS/c1-5-30-32(33,31-6-2)15-18-9-7-17(8-10-18)14-27-16-26-21-13-25-20-12-23(29-4)22(28-3)11-19(20)24(21)27/h7-13,16H,5-6,14-15H2,1-4H3. The third-order valence-corrected chi connectivity index (χ3v) is 8.43. The van der Waals surface area contributed by atoms with Crippen molar-refractivity contribution < 1.29 is 18.5 Å². The molecule has 4 aromatic rings. The smallest absolute Gasteiger partial charge is 0.193 e. The van der Waals surface area contributed by atoms with E-state index in [1.807, 2.05) is 32.3 Å². The van der Waals surface area contributed by atoms with Gasteiger partial charge in [0.2, 0.25) is 0 Å². The molecule has 0 amide bonds. The number of fused-ring (bicyclic) bond motifs is 3. The van der Waals surface area contributed by atoms with Crippen molar-refractivity contribution in [2.75, 3.05) is 27.4 Å². The molecule has 9 heteroatoms. The monoisotopic (exact) mass is 485 g/mol. The Morgan fingerprint density at radius 2 is 1.52 bits per heavy atom. The van der Waals surface area contributed by atoms with Gasteiger partial charge in [0.25, 0.3) is 0 Å². The fourth-order valence-electron chi connectivity index (χ4n) is 3.89. The summed E-state index contributed by atoms with van der Waals surface area (Å²) in [7, 11) is 3.25. The SMILES string of the molecule is CCOP(=S)(Cc1ccc(Cn2cnc3cnc4cc(OC)c(OC)cc4c32)cc1)OCC. The summed E-state index contributed by atoms with van der Waals surface area (Å²) in [6.07, 6.45) is 4.26. The lowest BCUT2D eigenvalue weighted by Gasteiger charge is -2.21.